The van der Waals surface area contributed by atoms with Crippen LogP contribution in [0.15, 0.2) is 122 Å². The summed E-state index contributed by atoms with van der Waals surface area (Å²) in [6.07, 6.45) is 4.65. The molecule has 6 aromatic rings. The number of carbonyl (C=O) groups excluding carboxylic acids is 3. The van der Waals surface area contributed by atoms with E-state index in [2.05, 4.69) is 30.3 Å². The van der Waals surface area contributed by atoms with E-state index < -0.39 is 19.6 Å². The van der Waals surface area contributed by atoms with Crippen molar-refractivity contribution in [1.29, 1.82) is 0 Å². The van der Waals surface area contributed by atoms with E-state index in [0.29, 0.717) is 23.6 Å². The number of nitrogens with zero attached hydrogens (tertiary/aromatic N) is 8. The van der Waals surface area contributed by atoms with Crippen molar-refractivity contribution in [3.05, 3.63) is 145 Å². The summed E-state index contributed by atoms with van der Waals surface area (Å²) in [5, 5.41) is 16.1. The number of pyridine rings is 2. The van der Waals surface area contributed by atoms with Crippen LogP contribution in [0, 0.1) is 0 Å². The minimum absolute atomic E-state index is 0.354. The highest BCUT2D eigenvalue weighted by atomic mass is 35.5. The number of alkyl halides is 5. The Bertz CT molecular complexity index is 1970. The second-order valence-electron chi connectivity index (χ2n) is 9.76. The first kappa shape index (κ1) is 41.1. The van der Waals surface area contributed by atoms with Crippen molar-refractivity contribution in [3.63, 3.8) is 0 Å². The van der Waals surface area contributed by atoms with Crippen molar-refractivity contribution in [2.24, 2.45) is 0 Å². The van der Waals surface area contributed by atoms with Crippen LogP contribution in [0.2, 0.25) is 0 Å². The van der Waals surface area contributed by atoms with Gasteiger partial charge in [0.25, 0.3) is 0 Å². The Balaban J connectivity index is 0.000000268. The third-order valence-corrected chi connectivity index (χ3v) is 6.37. The number of aromatic nitrogens is 8. The average molecular weight is 759 g/mol. The predicted molar refractivity (Wildman–Crippen MR) is 184 cm³/mol. The zero-order valence-electron chi connectivity index (χ0n) is 29.3. The molecule has 0 radical (unpaired) electrons. The Morgan fingerprint density at radius 2 is 1.32 bits per heavy atom. The molecule has 2 aromatic carbocycles. The topological polar surface area (TPSA) is 148 Å². The zero-order valence-corrected chi connectivity index (χ0v) is 29.0. The lowest BCUT2D eigenvalue weighted by Crippen LogP contribution is -2.34. The Morgan fingerprint density at radius 3 is 1.77 bits per heavy atom. The predicted octanol–water partition coefficient (Wildman–Crippen LogP) is 5.60. The number of para-hydroxylation sites is 2. The maximum Gasteiger partial charge on any atom is 0.446 e. The number of halogens is 5. The first-order valence-corrected chi connectivity index (χ1v) is 15.4. The summed E-state index contributed by atoms with van der Waals surface area (Å²) >= 11 is 5.61. The molecular weight excluding hydrogens is 724 g/mol. The molecule has 0 aliphatic carbocycles. The van der Waals surface area contributed by atoms with Gasteiger partial charge in [0.2, 0.25) is 6.29 Å². The average Bonchev–Trinajstić information content (AvgIpc) is 3.90. The van der Waals surface area contributed by atoms with E-state index in [-0.39, 0.29) is 11.9 Å². The summed E-state index contributed by atoms with van der Waals surface area (Å²) in [6, 6.07) is 26.4. The van der Waals surface area contributed by atoms with E-state index in [1.807, 2.05) is 83.8 Å². The van der Waals surface area contributed by atoms with E-state index in [0.717, 1.165) is 22.8 Å². The molecule has 4 heterocycles. The van der Waals surface area contributed by atoms with Gasteiger partial charge >= 0.3 is 18.1 Å². The minimum Gasteiger partial charge on any atom is -0.465 e. The molecule has 0 saturated carbocycles. The standard InChI is InChI=1S/C16H15N4O2.C9H8ClN3.C7H7NO2.C2HF3O.CH3F/c1-22-16(21)13-6-5-9-19(10-13)11-14-12-20(18-17-14)15-7-3-2-4-8-15;10-6-8-7-13(12-11-8)9-4-2-1-3-5-9;1-10-7(9)6-3-2-4-8-5-6;3-2(4,5)1-6;1-2/h2-10,12H,11H2,1H3;1-5,7H,6H2;2-5H,1H3;1H;1H3/q+1;;;;/i;;;;1D. The van der Waals surface area contributed by atoms with Crippen LogP contribution in [0.3, 0.4) is 0 Å². The highest BCUT2D eigenvalue weighted by molar-refractivity contribution is 6.16. The number of benzene rings is 2. The van der Waals surface area contributed by atoms with Crippen LogP contribution in [0.25, 0.3) is 11.4 Å². The quantitative estimate of drug-likeness (QED) is 0.0663. The molecule has 18 heteroatoms. The second-order valence-corrected chi connectivity index (χ2v) is 10.0. The van der Waals surface area contributed by atoms with Gasteiger partial charge in [-0.25, -0.2) is 19.0 Å². The van der Waals surface area contributed by atoms with Gasteiger partial charge in [0.1, 0.15) is 11.3 Å². The van der Waals surface area contributed by atoms with Crippen molar-refractivity contribution in [3.8, 4) is 11.4 Å². The van der Waals surface area contributed by atoms with Crippen LogP contribution in [-0.2, 0) is 26.7 Å². The van der Waals surface area contributed by atoms with Gasteiger partial charge in [-0.1, -0.05) is 46.8 Å². The molecule has 4 aromatic heterocycles. The lowest BCUT2D eigenvalue weighted by atomic mass is 10.3. The first-order chi connectivity index (χ1) is 26.0. The fraction of sp³-hybridized carbons (Fsp3) is 0.171. The van der Waals surface area contributed by atoms with Crippen molar-refractivity contribution in [2.45, 2.75) is 18.6 Å². The third kappa shape index (κ3) is 15.6. The number of rotatable bonds is 7. The Labute approximate surface area is 307 Å². The highest BCUT2D eigenvalue weighted by Crippen LogP contribution is 2.09. The van der Waals surface area contributed by atoms with E-state index in [4.69, 9.17) is 22.5 Å². The van der Waals surface area contributed by atoms with E-state index >= 15 is 0 Å². The second kappa shape index (κ2) is 23.2. The fourth-order valence-electron chi connectivity index (χ4n) is 3.79. The van der Waals surface area contributed by atoms with Crippen LogP contribution in [0.1, 0.15) is 33.5 Å². The molecule has 53 heavy (non-hydrogen) atoms. The molecule has 0 fully saturated rings. The summed E-state index contributed by atoms with van der Waals surface area (Å²) in [6.45, 7) is 0.525. The van der Waals surface area contributed by atoms with Gasteiger partial charge < -0.3 is 9.47 Å². The molecule has 13 nitrogen and oxygen atoms in total. The number of hydrogen-bond acceptors (Lipinski definition) is 10. The molecule has 0 N–H and O–H groups in total. The van der Waals surface area contributed by atoms with Crippen LogP contribution < -0.4 is 4.57 Å². The Hall–Kier alpha value is -6.36. The first-order valence-electron chi connectivity index (χ1n) is 15.6. The Kier molecular flexibility index (Phi) is 18.0. The molecule has 6 rings (SSSR count). The van der Waals surface area contributed by atoms with Gasteiger partial charge in [0, 0.05) is 18.5 Å². The maximum absolute atomic E-state index is 11.5. The number of aldehydes is 1. The minimum atomic E-state index is -4.64. The lowest BCUT2D eigenvalue weighted by Gasteiger charge is -1.98. The zero-order chi connectivity index (χ0) is 39.8. The number of methoxy groups -OCH3 is 2. The summed E-state index contributed by atoms with van der Waals surface area (Å²) in [5.74, 6) is -0.317. The molecular formula is C35H34ClF4N8O5+. The van der Waals surface area contributed by atoms with Gasteiger partial charge in [-0.3, -0.25) is 14.2 Å². The Morgan fingerprint density at radius 1 is 0.830 bits per heavy atom. The summed E-state index contributed by atoms with van der Waals surface area (Å²) in [5.41, 5.74) is 4.51. The molecule has 0 aliphatic heterocycles. The molecule has 0 atom stereocenters. The SMILES string of the molecule is COC(=O)c1ccc[n+](Cc2cn(-c3ccccc3)nn2)c1.COC(=O)c1cccnc1.ClCc1cn(-c2ccccc2)nn1.O=CC(F)(F)F.[2H]CF. The van der Waals surface area contributed by atoms with Gasteiger partial charge in [0.15, 0.2) is 18.9 Å². The fourth-order valence-corrected chi connectivity index (χ4v) is 3.91. The van der Waals surface area contributed by atoms with Gasteiger partial charge in [0.05, 0.1) is 63.6 Å². The molecule has 278 valence electrons. The van der Waals surface area contributed by atoms with E-state index in [1.165, 1.54) is 20.4 Å². The van der Waals surface area contributed by atoms with Crippen molar-refractivity contribution in [1.82, 2.24) is 35.0 Å². The highest BCUT2D eigenvalue weighted by Gasteiger charge is 2.25. The van der Waals surface area contributed by atoms with Crippen LogP contribution in [0.4, 0.5) is 17.6 Å². The van der Waals surface area contributed by atoms with Gasteiger partial charge in [-0.05, 0) is 42.5 Å². The number of carbonyl (C=O) groups is 3. The monoisotopic (exact) mass is 758 g/mol. The van der Waals surface area contributed by atoms with Gasteiger partial charge in [-0.15, -0.1) is 21.8 Å². The summed E-state index contributed by atoms with van der Waals surface area (Å²) in [7, 11) is 1.71. The normalized spacial score (nSPS) is 10.1. The van der Waals surface area contributed by atoms with E-state index in [9.17, 15) is 27.2 Å². The number of esters is 2. The third-order valence-electron chi connectivity index (χ3n) is 6.10. The lowest BCUT2D eigenvalue weighted by molar-refractivity contribution is -0.689. The number of hydrogen-bond donors (Lipinski definition) is 0. The van der Waals surface area contributed by atoms with Crippen molar-refractivity contribution in [2.75, 3.05) is 21.4 Å². The van der Waals surface area contributed by atoms with Crippen LogP contribution in [-0.4, -0.2) is 80.7 Å². The van der Waals surface area contributed by atoms with Crippen molar-refractivity contribution < 1.29 is 47.4 Å². The van der Waals surface area contributed by atoms with E-state index in [1.54, 1.807) is 46.0 Å². The van der Waals surface area contributed by atoms with Gasteiger partial charge in [-0.2, -0.15) is 17.7 Å². The van der Waals surface area contributed by atoms with Crippen molar-refractivity contribution >= 4 is 29.8 Å². The smallest absolute Gasteiger partial charge is 0.446 e. The van der Waals surface area contributed by atoms with Crippen LogP contribution in [0.5, 0.6) is 0 Å². The summed E-state index contributed by atoms with van der Waals surface area (Å²) in [4.78, 5) is 34.7. The molecule has 0 saturated heterocycles. The molecule has 0 bridgehead atoms. The molecule has 0 unspecified atom stereocenters. The number of ether oxygens (including phenoxy) is 2. The molecule has 0 amide bonds. The maximum atomic E-state index is 11.5. The van der Waals surface area contributed by atoms with Crippen LogP contribution >= 0.6 is 11.6 Å². The molecule has 0 spiro atoms. The molecule has 0 aliphatic rings. The summed E-state index contributed by atoms with van der Waals surface area (Å²) < 4.78 is 61.2. The largest absolute Gasteiger partial charge is 0.465 e.